The van der Waals surface area contributed by atoms with E-state index in [0.717, 1.165) is 0 Å². The Morgan fingerprint density at radius 2 is 2.12 bits per heavy atom. The molecule has 0 fully saturated rings. The molecule has 0 atom stereocenters. The molecule has 3 nitrogen and oxygen atoms in total. The molecule has 1 aromatic rings. The molecule has 0 saturated carbocycles. The molecule has 4 heteroatoms. The fraction of sp³-hybridized carbons (Fsp3) is 0.417. The highest BCUT2D eigenvalue weighted by Crippen LogP contribution is 2.24. The van der Waals surface area contributed by atoms with E-state index in [1.165, 1.54) is 0 Å². The Kier molecular flexibility index (Phi) is 4.62. The molecule has 0 bridgehead atoms. The molecule has 0 aromatic heterocycles. The van der Waals surface area contributed by atoms with Gasteiger partial charge in [-0.3, -0.25) is 0 Å². The van der Waals surface area contributed by atoms with Crippen LogP contribution in [0, 0.1) is 0 Å². The molecule has 0 spiro atoms. The molecule has 16 heavy (non-hydrogen) atoms. The van der Waals surface area contributed by atoms with Crippen molar-refractivity contribution in [2.45, 2.75) is 26.9 Å². The van der Waals surface area contributed by atoms with Gasteiger partial charge >= 0.3 is 5.97 Å². The zero-order chi connectivity index (χ0) is 12.1. The molecular weight excluding hydrogens is 228 g/mol. The first-order chi connectivity index (χ1) is 7.54. The summed E-state index contributed by atoms with van der Waals surface area (Å²) in [6.45, 7) is 5.87. The molecule has 88 valence electrons. The molecule has 1 aromatic carbocycles. The standard InChI is InChI=1S/C12H15ClO3/c1-4-15-12(14)10-7-9(13)5-6-11(10)16-8(2)3/h5-8H,4H2,1-3H3. The predicted molar refractivity (Wildman–Crippen MR) is 63.2 cm³/mol. The Morgan fingerprint density at radius 3 is 2.69 bits per heavy atom. The van der Waals surface area contributed by atoms with E-state index < -0.39 is 5.97 Å². The van der Waals surface area contributed by atoms with Crippen LogP contribution in [-0.2, 0) is 4.74 Å². The summed E-state index contributed by atoms with van der Waals surface area (Å²) in [4.78, 5) is 11.6. The molecule has 0 saturated heterocycles. The van der Waals surface area contributed by atoms with Gasteiger partial charge in [-0.25, -0.2) is 4.79 Å². The van der Waals surface area contributed by atoms with Crippen molar-refractivity contribution in [2.75, 3.05) is 6.61 Å². The lowest BCUT2D eigenvalue weighted by molar-refractivity contribution is 0.0520. The summed E-state index contributed by atoms with van der Waals surface area (Å²) in [5.41, 5.74) is 0.364. The van der Waals surface area contributed by atoms with E-state index >= 15 is 0 Å². The highest BCUT2D eigenvalue weighted by Gasteiger charge is 2.15. The van der Waals surface area contributed by atoms with Crippen molar-refractivity contribution in [1.29, 1.82) is 0 Å². The van der Waals surface area contributed by atoms with Gasteiger partial charge in [0, 0.05) is 5.02 Å². The van der Waals surface area contributed by atoms with Gasteiger partial charge in [-0.15, -0.1) is 0 Å². The van der Waals surface area contributed by atoms with Crippen LogP contribution in [0.3, 0.4) is 0 Å². The van der Waals surface area contributed by atoms with Gasteiger partial charge in [-0.1, -0.05) is 11.6 Å². The van der Waals surface area contributed by atoms with E-state index in [1.807, 2.05) is 13.8 Å². The summed E-state index contributed by atoms with van der Waals surface area (Å²) in [7, 11) is 0. The Hall–Kier alpha value is -1.22. The number of benzene rings is 1. The molecule has 1 rings (SSSR count). The van der Waals surface area contributed by atoms with Crippen LogP contribution in [-0.4, -0.2) is 18.7 Å². The van der Waals surface area contributed by atoms with E-state index in [-0.39, 0.29) is 6.10 Å². The maximum Gasteiger partial charge on any atom is 0.341 e. The minimum absolute atomic E-state index is 0.00523. The predicted octanol–water partition coefficient (Wildman–Crippen LogP) is 3.30. The lowest BCUT2D eigenvalue weighted by atomic mass is 10.2. The van der Waals surface area contributed by atoms with Crippen LogP contribution in [0.1, 0.15) is 31.1 Å². The number of rotatable bonds is 4. The molecule has 0 heterocycles. The lowest BCUT2D eigenvalue weighted by Gasteiger charge is -2.13. The Labute approximate surface area is 100 Å². The second-order valence-corrected chi connectivity index (χ2v) is 3.96. The van der Waals surface area contributed by atoms with Crippen molar-refractivity contribution in [3.63, 3.8) is 0 Å². The zero-order valence-corrected chi connectivity index (χ0v) is 10.4. The fourth-order valence-corrected chi connectivity index (χ4v) is 1.40. The van der Waals surface area contributed by atoms with Crippen LogP contribution in [0.25, 0.3) is 0 Å². The fourth-order valence-electron chi connectivity index (χ4n) is 1.23. The van der Waals surface area contributed by atoms with Crippen molar-refractivity contribution >= 4 is 17.6 Å². The number of carbonyl (C=O) groups is 1. The van der Waals surface area contributed by atoms with Crippen LogP contribution in [0.2, 0.25) is 5.02 Å². The van der Waals surface area contributed by atoms with Crippen LogP contribution in [0.4, 0.5) is 0 Å². The Bertz CT molecular complexity index is 375. The van der Waals surface area contributed by atoms with E-state index in [0.29, 0.717) is 22.9 Å². The second kappa shape index (κ2) is 5.75. The summed E-state index contributed by atoms with van der Waals surface area (Å²) in [5.74, 6) is 0.0819. The van der Waals surface area contributed by atoms with E-state index in [2.05, 4.69) is 0 Å². The van der Waals surface area contributed by atoms with Gasteiger partial charge in [0.05, 0.1) is 12.7 Å². The molecule has 0 N–H and O–H groups in total. The number of ether oxygens (including phenoxy) is 2. The SMILES string of the molecule is CCOC(=O)c1cc(Cl)ccc1OC(C)C. The van der Waals surface area contributed by atoms with Gasteiger partial charge in [0.2, 0.25) is 0 Å². The molecule has 0 aliphatic carbocycles. The minimum Gasteiger partial charge on any atom is -0.490 e. The number of hydrogen-bond donors (Lipinski definition) is 0. The third kappa shape index (κ3) is 3.42. The largest absolute Gasteiger partial charge is 0.490 e. The smallest absolute Gasteiger partial charge is 0.341 e. The van der Waals surface area contributed by atoms with Gasteiger partial charge in [-0.2, -0.15) is 0 Å². The van der Waals surface area contributed by atoms with Crippen LogP contribution in [0.15, 0.2) is 18.2 Å². The summed E-state index contributed by atoms with van der Waals surface area (Å²) in [6.07, 6.45) is -0.00523. The van der Waals surface area contributed by atoms with Gasteiger partial charge in [0.1, 0.15) is 11.3 Å². The second-order valence-electron chi connectivity index (χ2n) is 3.53. The first-order valence-corrected chi connectivity index (χ1v) is 5.55. The van der Waals surface area contributed by atoms with Crippen molar-refractivity contribution in [3.8, 4) is 5.75 Å². The summed E-state index contributed by atoms with van der Waals surface area (Å²) in [6, 6.07) is 4.91. The number of esters is 1. The third-order valence-electron chi connectivity index (χ3n) is 1.80. The average Bonchev–Trinajstić information content (AvgIpc) is 2.20. The Balaban J connectivity index is 3.02. The number of hydrogen-bond acceptors (Lipinski definition) is 3. The summed E-state index contributed by atoms with van der Waals surface area (Å²) in [5, 5.41) is 0.485. The maximum atomic E-state index is 11.6. The van der Waals surface area contributed by atoms with Gasteiger partial charge in [-0.05, 0) is 39.0 Å². The van der Waals surface area contributed by atoms with E-state index in [4.69, 9.17) is 21.1 Å². The average molecular weight is 243 g/mol. The minimum atomic E-state index is -0.416. The van der Waals surface area contributed by atoms with Crippen molar-refractivity contribution < 1.29 is 14.3 Å². The maximum absolute atomic E-state index is 11.6. The molecular formula is C12H15ClO3. The molecule has 0 radical (unpaired) electrons. The summed E-state index contributed by atoms with van der Waals surface area (Å²) < 4.78 is 10.4. The third-order valence-corrected chi connectivity index (χ3v) is 2.03. The quantitative estimate of drug-likeness (QED) is 0.760. The highest BCUT2D eigenvalue weighted by atomic mass is 35.5. The van der Waals surface area contributed by atoms with Gasteiger partial charge in [0.15, 0.2) is 0 Å². The molecule has 0 amide bonds. The van der Waals surface area contributed by atoms with Crippen LogP contribution >= 0.6 is 11.6 Å². The molecule has 0 unspecified atom stereocenters. The zero-order valence-electron chi connectivity index (χ0n) is 9.62. The van der Waals surface area contributed by atoms with Crippen LogP contribution in [0.5, 0.6) is 5.75 Å². The monoisotopic (exact) mass is 242 g/mol. The first-order valence-electron chi connectivity index (χ1n) is 5.18. The van der Waals surface area contributed by atoms with Crippen LogP contribution < -0.4 is 4.74 Å². The molecule has 0 aliphatic heterocycles. The molecule has 0 aliphatic rings. The summed E-state index contributed by atoms with van der Waals surface area (Å²) >= 11 is 5.83. The number of carbonyl (C=O) groups excluding carboxylic acids is 1. The van der Waals surface area contributed by atoms with Crippen molar-refractivity contribution in [3.05, 3.63) is 28.8 Å². The van der Waals surface area contributed by atoms with Gasteiger partial charge in [0.25, 0.3) is 0 Å². The van der Waals surface area contributed by atoms with Crippen molar-refractivity contribution in [2.24, 2.45) is 0 Å². The number of halogens is 1. The van der Waals surface area contributed by atoms with E-state index in [9.17, 15) is 4.79 Å². The topological polar surface area (TPSA) is 35.5 Å². The highest BCUT2D eigenvalue weighted by molar-refractivity contribution is 6.31. The normalized spacial score (nSPS) is 10.3. The first kappa shape index (κ1) is 12.8. The van der Waals surface area contributed by atoms with E-state index in [1.54, 1.807) is 25.1 Å². The van der Waals surface area contributed by atoms with Crippen molar-refractivity contribution in [1.82, 2.24) is 0 Å². The van der Waals surface area contributed by atoms with Gasteiger partial charge < -0.3 is 9.47 Å². The lowest BCUT2D eigenvalue weighted by Crippen LogP contribution is -2.12. The Morgan fingerprint density at radius 1 is 1.44 bits per heavy atom.